The summed E-state index contributed by atoms with van der Waals surface area (Å²) in [6.45, 7) is -0.490. The first-order valence-corrected chi connectivity index (χ1v) is 4.13. The summed E-state index contributed by atoms with van der Waals surface area (Å²) in [4.78, 5) is 10.6. The van der Waals surface area contributed by atoms with E-state index >= 15 is 0 Å². The third kappa shape index (κ3) is 2.89. The molecule has 0 atom stereocenters. The fraction of sp³-hybridized carbons (Fsp3) is 0.875. The lowest BCUT2D eigenvalue weighted by atomic mass is 9.98. The van der Waals surface area contributed by atoms with Crippen molar-refractivity contribution in [2.45, 2.75) is 38.2 Å². The Morgan fingerprint density at radius 3 is 2.55 bits per heavy atom. The maximum Gasteiger partial charge on any atom is 0.332 e. The third-order valence-corrected chi connectivity index (χ3v) is 1.98. The zero-order valence-corrected chi connectivity index (χ0v) is 6.58. The topological polar surface area (TPSA) is 46.5 Å². The molecule has 0 heterocycles. The quantitative estimate of drug-likeness (QED) is 0.606. The van der Waals surface area contributed by atoms with E-state index in [0.717, 1.165) is 25.7 Å². The number of carbonyl (C=O) groups excluding carboxylic acids is 1. The zero-order valence-electron chi connectivity index (χ0n) is 6.58. The van der Waals surface area contributed by atoms with Crippen molar-refractivity contribution in [3.05, 3.63) is 0 Å². The van der Waals surface area contributed by atoms with Crippen molar-refractivity contribution < 1.29 is 14.6 Å². The Morgan fingerprint density at radius 1 is 1.36 bits per heavy atom. The predicted octanol–water partition coefficient (Wildman–Crippen LogP) is 0.855. The van der Waals surface area contributed by atoms with E-state index in [9.17, 15) is 4.79 Å². The molecule has 1 N–H and O–H groups in total. The van der Waals surface area contributed by atoms with Gasteiger partial charge in [0.2, 0.25) is 0 Å². The van der Waals surface area contributed by atoms with Crippen molar-refractivity contribution in [2.24, 2.45) is 0 Å². The number of hydrogen-bond donors (Lipinski definition) is 1. The molecule has 1 rings (SSSR count). The number of esters is 1. The summed E-state index contributed by atoms with van der Waals surface area (Å²) in [5.74, 6) is -0.489. The molecule has 64 valence electrons. The molecule has 1 aliphatic rings. The molecule has 3 heteroatoms. The van der Waals surface area contributed by atoms with Gasteiger partial charge in [-0.25, -0.2) is 4.79 Å². The average Bonchev–Trinajstić information content (AvgIpc) is 2.06. The zero-order chi connectivity index (χ0) is 8.10. The first-order chi connectivity index (χ1) is 5.33. The Labute approximate surface area is 66.4 Å². The SMILES string of the molecule is O=C(CO)OC1CCCCC1. The second-order valence-electron chi connectivity index (χ2n) is 2.91. The third-order valence-electron chi connectivity index (χ3n) is 1.98. The van der Waals surface area contributed by atoms with Gasteiger partial charge in [-0.05, 0) is 25.7 Å². The maximum absolute atomic E-state index is 10.6. The molecule has 0 radical (unpaired) electrons. The monoisotopic (exact) mass is 158 g/mol. The predicted molar refractivity (Wildman–Crippen MR) is 40.1 cm³/mol. The molecule has 0 amide bonds. The summed E-state index contributed by atoms with van der Waals surface area (Å²) in [5.41, 5.74) is 0. The Bertz CT molecular complexity index is 127. The van der Waals surface area contributed by atoms with Gasteiger partial charge in [-0.1, -0.05) is 6.42 Å². The van der Waals surface area contributed by atoms with E-state index in [1.807, 2.05) is 0 Å². The van der Waals surface area contributed by atoms with Crippen LogP contribution >= 0.6 is 0 Å². The molecule has 0 saturated heterocycles. The van der Waals surface area contributed by atoms with Crippen LogP contribution in [0.5, 0.6) is 0 Å². The minimum atomic E-state index is -0.490. The minimum absolute atomic E-state index is 0.0726. The first kappa shape index (κ1) is 8.53. The molecule has 0 unspecified atom stereocenters. The van der Waals surface area contributed by atoms with Crippen LogP contribution in [0.15, 0.2) is 0 Å². The van der Waals surface area contributed by atoms with Crippen molar-refractivity contribution in [1.82, 2.24) is 0 Å². The number of ether oxygens (including phenoxy) is 1. The molecule has 0 bridgehead atoms. The summed E-state index contributed by atoms with van der Waals surface area (Å²) in [6.07, 6.45) is 5.53. The van der Waals surface area contributed by atoms with Gasteiger partial charge in [0.1, 0.15) is 12.7 Å². The Morgan fingerprint density at radius 2 is 2.00 bits per heavy atom. The van der Waals surface area contributed by atoms with Gasteiger partial charge in [0, 0.05) is 0 Å². The molecule has 0 aromatic carbocycles. The van der Waals surface area contributed by atoms with Crippen molar-refractivity contribution in [1.29, 1.82) is 0 Å². The van der Waals surface area contributed by atoms with E-state index in [4.69, 9.17) is 9.84 Å². The Balaban J connectivity index is 2.19. The Kier molecular flexibility index (Phi) is 3.36. The fourth-order valence-electron chi connectivity index (χ4n) is 1.41. The van der Waals surface area contributed by atoms with Crippen LogP contribution in [0.3, 0.4) is 0 Å². The van der Waals surface area contributed by atoms with Gasteiger partial charge in [-0.15, -0.1) is 0 Å². The molecular formula is C8H14O3. The minimum Gasteiger partial charge on any atom is -0.461 e. The van der Waals surface area contributed by atoms with E-state index in [0.29, 0.717) is 0 Å². The van der Waals surface area contributed by atoms with Gasteiger partial charge in [0.25, 0.3) is 0 Å². The highest BCUT2D eigenvalue weighted by Crippen LogP contribution is 2.20. The van der Waals surface area contributed by atoms with E-state index in [2.05, 4.69) is 0 Å². The van der Waals surface area contributed by atoms with Gasteiger partial charge in [-0.2, -0.15) is 0 Å². The summed E-state index contributed by atoms with van der Waals surface area (Å²) in [7, 11) is 0. The van der Waals surface area contributed by atoms with Crippen LogP contribution < -0.4 is 0 Å². The summed E-state index contributed by atoms with van der Waals surface area (Å²) < 4.78 is 4.95. The second-order valence-corrected chi connectivity index (χ2v) is 2.91. The molecule has 1 aliphatic carbocycles. The highest BCUT2D eigenvalue weighted by molar-refractivity contribution is 5.70. The molecule has 1 saturated carbocycles. The fourth-order valence-corrected chi connectivity index (χ4v) is 1.41. The molecule has 0 aromatic heterocycles. The normalized spacial score (nSPS) is 19.7. The maximum atomic E-state index is 10.6. The number of rotatable bonds is 2. The van der Waals surface area contributed by atoms with Crippen molar-refractivity contribution in [2.75, 3.05) is 6.61 Å². The molecule has 0 aromatic rings. The van der Waals surface area contributed by atoms with Crippen LogP contribution in [0, 0.1) is 0 Å². The smallest absolute Gasteiger partial charge is 0.332 e. The summed E-state index contributed by atoms with van der Waals surface area (Å²) in [5, 5.41) is 8.39. The lowest BCUT2D eigenvalue weighted by Gasteiger charge is -2.21. The number of hydrogen-bond acceptors (Lipinski definition) is 3. The van der Waals surface area contributed by atoms with Crippen LogP contribution in [0.1, 0.15) is 32.1 Å². The van der Waals surface area contributed by atoms with E-state index in [1.54, 1.807) is 0 Å². The number of aliphatic hydroxyl groups is 1. The van der Waals surface area contributed by atoms with Crippen molar-refractivity contribution in [3.8, 4) is 0 Å². The van der Waals surface area contributed by atoms with Gasteiger partial charge in [0.05, 0.1) is 0 Å². The molecule has 3 nitrogen and oxygen atoms in total. The summed E-state index contributed by atoms with van der Waals surface area (Å²) >= 11 is 0. The van der Waals surface area contributed by atoms with Gasteiger partial charge >= 0.3 is 5.97 Å². The standard InChI is InChI=1S/C8H14O3/c9-6-8(10)11-7-4-2-1-3-5-7/h7,9H,1-6H2. The molecule has 1 fully saturated rings. The van der Waals surface area contributed by atoms with Crippen LogP contribution in [-0.4, -0.2) is 23.8 Å². The van der Waals surface area contributed by atoms with E-state index < -0.39 is 12.6 Å². The van der Waals surface area contributed by atoms with Crippen LogP contribution in [0.25, 0.3) is 0 Å². The van der Waals surface area contributed by atoms with Crippen molar-refractivity contribution in [3.63, 3.8) is 0 Å². The lowest BCUT2D eigenvalue weighted by molar-refractivity contribution is -0.153. The molecule has 11 heavy (non-hydrogen) atoms. The van der Waals surface area contributed by atoms with Crippen LogP contribution in [-0.2, 0) is 9.53 Å². The second kappa shape index (κ2) is 4.34. The van der Waals surface area contributed by atoms with Crippen LogP contribution in [0.2, 0.25) is 0 Å². The summed E-state index contributed by atoms with van der Waals surface area (Å²) in [6, 6.07) is 0. The molecular weight excluding hydrogens is 144 g/mol. The molecule has 0 spiro atoms. The van der Waals surface area contributed by atoms with Gasteiger partial charge < -0.3 is 9.84 Å². The van der Waals surface area contributed by atoms with Crippen LogP contribution in [0.4, 0.5) is 0 Å². The molecule has 0 aliphatic heterocycles. The van der Waals surface area contributed by atoms with E-state index in [1.165, 1.54) is 6.42 Å². The van der Waals surface area contributed by atoms with Gasteiger partial charge in [-0.3, -0.25) is 0 Å². The highest BCUT2D eigenvalue weighted by atomic mass is 16.6. The average molecular weight is 158 g/mol. The largest absolute Gasteiger partial charge is 0.461 e. The van der Waals surface area contributed by atoms with E-state index in [-0.39, 0.29) is 6.10 Å². The number of aliphatic hydroxyl groups excluding tert-OH is 1. The number of carbonyl (C=O) groups is 1. The first-order valence-electron chi connectivity index (χ1n) is 4.13. The van der Waals surface area contributed by atoms with Crippen molar-refractivity contribution >= 4 is 5.97 Å². The Hall–Kier alpha value is -0.570. The lowest BCUT2D eigenvalue weighted by Crippen LogP contribution is -2.22. The highest BCUT2D eigenvalue weighted by Gasteiger charge is 2.16. The van der Waals surface area contributed by atoms with Gasteiger partial charge in [0.15, 0.2) is 0 Å².